The molecule has 1 fully saturated rings. The summed E-state index contributed by atoms with van der Waals surface area (Å²) >= 11 is 1.42. The summed E-state index contributed by atoms with van der Waals surface area (Å²) in [6.45, 7) is 1.45. The number of carbonyl (C=O) groups excluding carboxylic acids is 2. The lowest BCUT2D eigenvalue weighted by Gasteiger charge is -2.09. The molecule has 1 saturated heterocycles. The van der Waals surface area contributed by atoms with Crippen molar-refractivity contribution in [3.05, 3.63) is 35.3 Å². The van der Waals surface area contributed by atoms with Gasteiger partial charge in [0.25, 0.3) is 0 Å². The number of rotatable bonds is 5. The first-order valence-corrected chi connectivity index (χ1v) is 10.8. The maximum absolute atomic E-state index is 12.1. The summed E-state index contributed by atoms with van der Waals surface area (Å²) in [7, 11) is -3.02. The Hall–Kier alpha value is -2.26. The number of aromatic nitrogens is 1. The fourth-order valence-corrected chi connectivity index (χ4v) is 5.30. The third kappa shape index (κ3) is 4.89. The maximum atomic E-state index is 12.1. The molecule has 1 unspecified atom stereocenters. The van der Waals surface area contributed by atoms with Gasteiger partial charge in [-0.1, -0.05) is 12.1 Å². The van der Waals surface area contributed by atoms with Crippen LogP contribution in [0.5, 0.6) is 0 Å². The maximum Gasteiger partial charge on any atom is 0.226 e. The Balaban J connectivity index is 1.63. The van der Waals surface area contributed by atoms with E-state index in [4.69, 9.17) is 0 Å². The molecule has 2 amide bonds. The molecule has 138 valence electrons. The van der Waals surface area contributed by atoms with E-state index in [-0.39, 0.29) is 35.8 Å². The van der Waals surface area contributed by atoms with Crippen LogP contribution < -0.4 is 10.6 Å². The molecule has 1 aromatic carbocycles. The molecular weight excluding hydrogens is 374 g/mol. The van der Waals surface area contributed by atoms with E-state index in [0.29, 0.717) is 17.8 Å². The molecule has 26 heavy (non-hydrogen) atoms. The van der Waals surface area contributed by atoms with E-state index in [9.17, 15) is 18.0 Å². The van der Waals surface area contributed by atoms with E-state index >= 15 is 0 Å². The van der Waals surface area contributed by atoms with Gasteiger partial charge in [-0.3, -0.25) is 9.59 Å². The lowest BCUT2D eigenvalue weighted by molar-refractivity contribution is -0.121. The Kier molecular flexibility index (Phi) is 5.38. The van der Waals surface area contributed by atoms with Gasteiger partial charge in [0.2, 0.25) is 11.8 Å². The molecule has 1 aliphatic rings. The van der Waals surface area contributed by atoms with Gasteiger partial charge in [0.05, 0.1) is 23.6 Å². The molecule has 2 heterocycles. The lowest BCUT2D eigenvalue weighted by atomic mass is 10.2. The Labute approximate surface area is 155 Å². The number of benzene rings is 1. The summed E-state index contributed by atoms with van der Waals surface area (Å²) in [4.78, 5) is 27.7. The Bertz CT molecular complexity index is 937. The Morgan fingerprint density at radius 1 is 1.35 bits per heavy atom. The molecule has 1 aromatic heterocycles. The number of hydrogen-bond acceptors (Lipinski definition) is 6. The first kappa shape index (κ1) is 18.5. The van der Waals surface area contributed by atoms with Crippen molar-refractivity contribution in [3.8, 4) is 10.6 Å². The van der Waals surface area contributed by atoms with Crippen molar-refractivity contribution >= 4 is 38.7 Å². The molecule has 1 atom stereocenters. The summed E-state index contributed by atoms with van der Waals surface area (Å²) in [5.41, 5.74) is 2.18. The molecule has 0 saturated carbocycles. The zero-order chi connectivity index (χ0) is 18.7. The summed E-state index contributed by atoms with van der Waals surface area (Å²) in [6, 6.07) is 7.03. The SMILES string of the molecule is CC(=O)Nc1cccc(-c2nc(CC(=O)NC3CCS(=O)(=O)C3)cs2)c1. The molecule has 0 bridgehead atoms. The molecule has 3 rings (SSSR count). The van der Waals surface area contributed by atoms with Crippen LogP contribution in [0.25, 0.3) is 10.6 Å². The second-order valence-electron chi connectivity index (χ2n) is 6.25. The van der Waals surface area contributed by atoms with Gasteiger partial charge in [0.15, 0.2) is 9.84 Å². The van der Waals surface area contributed by atoms with Crippen LogP contribution in [-0.2, 0) is 25.8 Å². The van der Waals surface area contributed by atoms with Gasteiger partial charge >= 0.3 is 0 Å². The van der Waals surface area contributed by atoms with Gasteiger partial charge in [0.1, 0.15) is 5.01 Å². The van der Waals surface area contributed by atoms with Crippen LogP contribution in [0.15, 0.2) is 29.6 Å². The summed E-state index contributed by atoms with van der Waals surface area (Å²) in [5, 5.41) is 8.05. The van der Waals surface area contributed by atoms with Crippen molar-refractivity contribution in [1.29, 1.82) is 0 Å². The number of anilines is 1. The topological polar surface area (TPSA) is 105 Å². The van der Waals surface area contributed by atoms with Gasteiger partial charge in [0, 0.05) is 29.6 Å². The fourth-order valence-electron chi connectivity index (χ4n) is 2.81. The minimum atomic E-state index is -3.02. The second-order valence-corrected chi connectivity index (χ2v) is 9.34. The van der Waals surface area contributed by atoms with Crippen molar-refractivity contribution in [1.82, 2.24) is 10.3 Å². The monoisotopic (exact) mass is 393 g/mol. The zero-order valence-electron chi connectivity index (χ0n) is 14.2. The molecule has 0 spiro atoms. The van der Waals surface area contributed by atoms with Crippen molar-refractivity contribution in [2.24, 2.45) is 0 Å². The van der Waals surface area contributed by atoms with Gasteiger partial charge < -0.3 is 10.6 Å². The second kappa shape index (κ2) is 7.55. The molecule has 2 N–H and O–H groups in total. The van der Waals surface area contributed by atoms with E-state index in [1.165, 1.54) is 18.3 Å². The van der Waals surface area contributed by atoms with E-state index in [1.54, 1.807) is 6.07 Å². The number of nitrogens with zero attached hydrogens (tertiary/aromatic N) is 1. The standard InChI is InChI=1S/C17H19N3O4S2/c1-11(21)18-13-4-2-3-12(7-13)17-20-15(9-25-17)8-16(22)19-14-5-6-26(23,24)10-14/h2-4,7,9,14H,5-6,8,10H2,1H3,(H,18,21)(H,19,22). The highest BCUT2D eigenvalue weighted by Crippen LogP contribution is 2.26. The predicted octanol–water partition coefficient (Wildman–Crippen LogP) is 1.61. The zero-order valence-corrected chi connectivity index (χ0v) is 15.8. The summed E-state index contributed by atoms with van der Waals surface area (Å²) in [5.74, 6) is -0.232. The van der Waals surface area contributed by atoms with Crippen LogP contribution in [0.4, 0.5) is 5.69 Å². The number of carbonyl (C=O) groups is 2. The minimum Gasteiger partial charge on any atom is -0.352 e. The van der Waals surface area contributed by atoms with E-state index in [1.807, 2.05) is 23.6 Å². The van der Waals surface area contributed by atoms with Crippen LogP contribution >= 0.6 is 11.3 Å². The number of amides is 2. The van der Waals surface area contributed by atoms with E-state index in [0.717, 1.165) is 10.6 Å². The third-order valence-corrected chi connectivity index (χ3v) is 6.63. The van der Waals surface area contributed by atoms with Gasteiger partial charge in [-0.2, -0.15) is 0 Å². The molecule has 9 heteroatoms. The quantitative estimate of drug-likeness (QED) is 0.803. The molecule has 0 aliphatic carbocycles. The van der Waals surface area contributed by atoms with Crippen LogP contribution in [-0.4, -0.2) is 42.8 Å². The molecule has 2 aromatic rings. The first-order valence-electron chi connectivity index (χ1n) is 8.13. The normalized spacial score (nSPS) is 18.4. The van der Waals surface area contributed by atoms with Crippen LogP contribution in [0.1, 0.15) is 19.0 Å². The number of sulfone groups is 1. The van der Waals surface area contributed by atoms with Gasteiger partial charge in [-0.25, -0.2) is 13.4 Å². The smallest absolute Gasteiger partial charge is 0.226 e. The highest BCUT2D eigenvalue weighted by molar-refractivity contribution is 7.91. The predicted molar refractivity (Wildman–Crippen MR) is 101 cm³/mol. The lowest BCUT2D eigenvalue weighted by Crippen LogP contribution is -2.36. The number of thiazole rings is 1. The average Bonchev–Trinajstić information content (AvgIpc) is 3.13. The van der Waals surface area contributed by atoms with Crippen molar-refractivity contribution in [2.45, 2.75) is 25.8 Å². The fraction of sp³-hybridized carbons (Fsp3) is 0.353. The largest absolute Gasteiger partial charge is 0.352 e. The van der Waals surface area contributed by atoms with Crippen LogP contribution in [0.3, 0.4) is 0 Å². The van der Waals surface area contributed by atoms with Crippen molar-refractivity contribution in [2.75, 3.05) is 16.8 Å². The molecule has 7 nitrogen and oxygen atoms in total. The number of nitrogens with one attached hydrogen (secondary N) is 2. The number of hydrogen-bond donors (Lipinski definition) is 2. The third-order valence-electron chi connectivity index (χ3n) is 3.92. The summed E-state index contributed by atoms with van der Waals surface area (Å²) in [6.07, 6.45) is 0.574. The summed E-state index contributed by atoms with van der Waals surface area (Å²) < 4.78 is 22.9. The Morgan fingerprint density at radius 3 is 2.85 bits per heavy atom. The van der Waals surface area contributed by atoms with Crippen molar-refractivity contribution < 1.29 is 18.0 Å². The van der Waals surface area contributed by atoms with Gasteiger partial charge in [-0.05, 0) is 18.6 Å². The molecule has 1 aliphatic heterocycles. The van der Waals surface area contributed by atoms with Crippen molar-refractivity contribution in [3.63, 3.8) is 0 Å². The average molecular weight is 393 g/mol. The van der Waals surface area contributed by atoms with Gasteiger partial charge in [-0.15, -0.1) is 11.3 Å². The van der Waals surface area contributed by atoms with E-state index < -0.39 is 9.84 Å². The van der Waals surface area contributed by atoms with Crippen LogP contribution in [0, 0.1) is 0 Å². The van der Waals surface area contributed by atoms with E-state index in [2.05, 4.69) is 15.6 Å². The Morgan fingerprint density at radius 2 is 2.15 bits per heavy atom. The molecule has 0 radical (unpaired) electrons. The minimum absolute atomic E-state index is 0.0109. The highest BCUT2D eigenvalue weighted by Gasteiger charge is 2.28. The first-order chi connectivity index (χ1) is 12.3. The molecular formula is C17H19N3O4S2. The highest BCUT2D eigenvalue weighted by atomic mass is 32.2. The van der Waals surface area contributed by atoms with Crippen LogP contribution in [0.2, 0.25) is 0 Å².